The SMILES string of the molecule is COCC(C)NCc1ccc(C)cc1Cl. The van der Waals surface area contributed by atoms with E-state index in [0.717, 1.165) is 17.1 Å². The lowest BCUT2D eigenvalue weighted by Gasteiger charge is -2.13. The fourth-order valence-electron chi connectivity index (χ4n) is 1.39. The monoisotopic (exact) mass is 227 g/mol. The summed E-state index contributed by atoms with van der Waals surface area (Å²) in [5, 5.41) is 4.18. The minimum Gasteiger partial charge on any atom is -0.383 e. The van der Waals surface area contributed by atoms with Crippen LogP contribution in [0.3, 0.4) is 0 Å². The number of aryl methyl sites for hydroxylation is 1. The van der Waals surface area contributed by atoms with Crippen LogP contribution in [0.5, 0.6) is 0 Å². The van der Waals surface area contributed by atoms with Gasteiger partial charge in [0.05, 0.1) is 6.61 Å². The fourth-order valence-corrected chi connectivity index (χ4v) is 1.69. The average molecular weight is 228 g/mol. The molecule has 0 amide bonds. The Morgan fingerprint density at radius 2 is 2.20 bits per heavy atom. The van der Waals surface area contributed by atoms with Gasteiger partial charge in [-0.15, -0.1) is 0 Å². The second-order valence-corrected chi connectivity index (χ2v) is 4.24. The molecule has 0 spiro atoms. The van der Waals surface area contributed by atoms with E-state index in [2.05, 4.69) is 24.4 Å². The quantitative estimate of drug-likeness (QED) is 0.835. The van der Waals surface area contributed by atoms with Crippen molar-refractivity contribution in [3.05, 3.63) is 34.3 Å². The van der Waals surface area contributed by atoms with E-state index in [-0.39, 0.29) is 0 Å². The minimum absolute atomic E-state index is 0.340. The molecule has 1 unspecified atom stereocenters. The van der Waals surface area contributed by atoms with Gasteiger partial charge in [-0.05, 0) is 31.0 Å². The van der Waals surface area contributed by atoms with Gasteiger partial charge < -0.3 is 10.1 Å². The van der Waals surface area contributed by atoms with Crippen molar-refractivity contribution in [1.82, 2.24) is 5.32 Å². The molecule has 3 heteroatoms. The van der Waals surface area contributed by atoms with Gasteiger partial charge in [0.1, 0.15) is 0 Å². The van der Waals surface area contributed by atoms with Crippen LogP contribution in [-0.2, 0) is 11.3 Å². The molecule has 0 aliphatic rings. The van der Waals surface area contributed by atoms with Gasteiger partial charge in [-0.1, -0.05) is 23.7 Å². The predicted molar refractivity (Wildman–Crippen MR) is 64.4 cm³/mol. The van der Waals surface area contributed by atoms with Crippen LogP contribution in [0.25, 0.3) is 0 Å². The molecule has 1 rings (SSSR count). The van der Waals surface area contributed by atoms with E-state index in [0.29, 0.717) is 12.6 Å². The maximum Gasteiger partial charge on any atom is 0.0613 e. The zero-order chi connectivity index (χ0) is 11.3. The molecule has 0 bridgehead atoms. The van der Waals surface area contributed by atoms with Crippen molar-refractivity contribution in [2.45, 2.75) is 26.4 Å². The van der Waals surface area contributed by atoms with E-state index in [9.17, 15) is 0 Å². The van der Waals surface area contributed by atoms with E-state index in [4.69, 9.17) is 16.3 Å². The van der Waals surface area contributed by atoms with Crippen LogP contribution in [0.4, 0.5) is 0 Å². The van der Waals surface area contributed by atoms with Crippen molar-refractivity contribution in [2.75, 3.05) is 13.7 Å². The number of rotatable bonds is 5. The lowest BCUT2D eigenvalue weighted by molar-refractivity contribution is 0.171. The van der Waals surface area contributed by atoms with Crippen LogP contribution in [0, 0.1) is 6.92 Å². The summed E-state index contributed by atoms with van der Waals surface area (Å²) in [7, 11) is 1.71. The van der Waals surface area contributed by atoms with Crippen molar-refractivity contribution < 1.29 is 4.74 Å². The highest BCUT2D eigenvalue weighted by Gasteiger charge is 2.03. The summed E-state index contributed by atoms with van der Waals surface area (Å²) in [6.45, 7) is 5.62. The van der Waals surface area contributed by atoms with Gasteiger partial charge in [0.15, 0.2) is 0 Å². The highest BCUT2D eigenvalue weighted by atomic mass is 35.5. The highest BCUT2D eigenvalue weighted by molar-refractivity contribution is 6.31. The standard InChI is InChI=1S/C12H18ClNO/c1-9-4-5-11(12(13)6-9)7-14-10(2)8-15-3/h4-6,10,14H,7-8H2,1-3H3. The van der Waals surface area contributed by atoms with Crippen LogP contribution in [0.15, 0.2) is 18.2 Å². The number of ether oxygens (including phenoxy) is 1. The molecule has 0 heterocycles. The van der Waals surface area contributed by atoms with Crippen LogP contribution >= 0.6 is 11.6 Å². The van der Waals surface area contributed by atoms with E-state index in [1.165, 1.54) is 5.56 Å². The normalized spacial score (nSPS) is 12.8. The summed E-state index contributed by atoms with van der Waals surface area (Å²) in [4.78, 5) is 0. The lowest BCUT2D eigenvalue weighted by Crippen LogP contribution is -2.29. The first-order valence-electron chi connectivity index (χ1n) is 5.11. The molecule has 0 saturated heterocycles. The van der Waals surface area contributed by atoms with Gasteiger partial charge in [0.25, 0.3) is 0 Å². The summed E-state index contributed by atoms with van der Waals surface area (Å²) >= 11 is 6.12. The summed E-state index contributed by atoms with van der Waals surface area (Å²) < 4.78 is 5.05. The number of methoxy groups -OCH3 is 1. The van der Waals surface area contributed by atoms with Crippen LogP contribution in [0.1, 0.15) is 18.1 Å². The molecule has 1 aromatic carbocycles. The largest absolute Gasteiger partial charge is 0.383 e. The van der Waals surface area contributed by atoms with Gasteiger partial charge in [-0.3, -0.25) is 0 Å². The van der Waals surface area contributed by atoms with E-state index in [1.807, 2.05) is 13.0 Å². The third-order valence-corrected chi connectivity index (χ3v) is 2.62. The van der Waals surface area contributed by atoms with Crippen molar-refractivity contribution in [3.63, 3.8) is 0 Å². The Labute approximate surface area is 96.6 Å². The zero-order valence-corrected chi connectivity index (χ0v) is 10.3. The summed E-state index contributed by atoms with van der Waals surface area (Å²) in [5.41, 5.74) is 2.32. The summed E-state index contributed by atoms with van der Waals surface area (Å²) in [6, 6.07) is 6.46. The minimum atomic E-state index is 0.340. The molecule has 0 aliphatic heterocycles. The number of nitrogens with one attached hydrogen (secondary N) is 1. The zero-order valence-electron chi connectivity index (χ0n) is 9.51. The summed E-state index contributed by atoms with van der Waals surface area (Å²) in [6.07, 6.45) is 0. The third kappa shape index (κ3) is 4.20. The molecule has 1 aromatic rings. The smallest absolute Gasteiger partial charge is 0.0613 e. The first kappa shape index (κ1) is 12.5. The molecule has 0 fully saturated rings. The van der Waals surface area contributed by atoms with E-state index < -0.39 is 0 Å². The number of hydrogen-bond acceptors (Lipinski definition) is 2. The fraction of sp³-hybridized carbons (Fsp3) is 0.500. The Morgan fingerprint density at radius 3 is 2.80 bits per heavy atom. The van der Waals surface area contributed by atoms with Gasteiger partial charge in [0.2, 0.25) is 0 Å². The van der Waals surface area contributed by atoms with Gasteiger partial charge in [-0.25, -0.2) is 0 Å². The van der Waals surface area contributed by atoms with Crippen molar-refractivity contribution in [3.8, 4) is 0 Å². The Hall–Kier alpha value is -0.570. The molecule has 84 valence electrons. The van der Waals surface area contributed by atoms with Crippen molar-refractivity contribution >= 4 is 11.6 Å². The lowest BCUT2D eigenvalue weighted by atomic mass is 10.1. The maximum absolute atomic E-state index is 6.12. The molecule has 0 aliphatic carbocycles. The van der Waals surface area contributed by atoms with Crippen LogP contribution < -0.4 is 5.32 Å². The molecule has 1 atom stereocenters. The second kappa shape index (κ2) is 6.11. The maximum atomic E-state index is 6.12. The molecule has 0 radical (unpaired) electrons. The first-order valence-corrected chi connectivity index (χ1v) is 5.48. The molecule has 2 nitrogen and oxygen atoms in total. The Bertz CT molecular complexity index is 314. The summed E-state index contributed by atoms with van der Waals surface area (Å²) in [5.74, 6) is 0. The Balaban J connectivity index is 2.50. The van der Waals surface area contributed by atoms with Crippen molar-refractivity contribution in [2.24, 2.45) is 0 Å². The van der Waals surface area contributed by atoms with Gasteiger partial charge in [-0.2, -0.15) is 0 Å². The van der Waals surface area contributed by atoms with Gasteiger partial charge in [0, 0.05) is 24.7 Å². The molecular weight excluding hydrogens is 210 g/mol. The van der Waals surface area contributed by atoms with Crippen LogP contribution in [-0.4, -0.2) is 19.8 Å². The number of halogens is 1. The molecule has 1 N–H and O–H groups in total. The number of benzene rings is 1. The Kier molecular flexibility index (Phi) is 5.09. The Morgan fingerprint density at radius 1 is 1.47 bits per heavy atom. The third-order valence-electron chi connectivity index (χ3n) is 2.27. The van der Waals surface area contributed by atoms with E-state index in [1.54, 1.807) is 7.11 Å². The average Bonchev–Trinajstić information content (AvgIpc) is 2.17. The van der Waals surface area contributed by atoms with Crippen LogP contribution in [0.2, 0.25) is 5.02 Å². The number of hydrogen-bond donors (Lipinski definition) is 1. The van der Waals surface area contributed by atoms with Crippen molar-refractivity contribution in [1.29, 1.82) is 0 Å². The molecule has 0 saturated carbocycles. The van der Waals surface area contributed by atoms with E-state index >= 15 is 0 Å². The molecule has 15 heavy (non-hydrogen) atoms. The van der Waals surface area contributed by atoms with Gasteiger partial charge >= 0.3 is 0 Å². The second-order valence-electron chi connectivity index (χ2n) is 3.83. The first-order chi connectivity index (χ1) is 7.13. The topological polar surface area (TPSA) is 21.3 Å². The predicted octanol–water partition coefficient (Wildman–Crippen LogP) is 2.77. The molecular formula is C12H18ClNO. The molecule has 0 aromatic heterocycles. The highest BCUT2D eigenvalue weighted by Crippen LogP contribution is 2.17.